The number of likely N-dealkylation sites (tertiary alicyclic amines) is 1. The van der Waals surface area contributed by atoms with E-state index in [1.54, 1.807) is 43.2 Å². The van der Waals surface area contributed by atoms with E-state index in [9.17, 15) is 13.2 Å². The number of benzene rings is 1. The first kappa shape index (κ1) is 19.4. The van der Waals surface area contributed by atoms with Crippen molar-refractivity contribution in [2.24, 2.45) is 0 Å². The third-order valence-corrected chi connectivity index (χ3v) is 7.41. The predicted octanol–water partition coefficient (Wildman–Crippen LogP) is 2.31. The van der Waals surface area contributed by atoms with Gasteiger partial charge in [0, 0.05) is 18.7 Å². The summed E-state index contributed by atoms with van der Waals surface area (Å²) in [5, 5.41) is 3.39. The minimum absolute atomic E-state index is 0.0234. The summed E-state index contributed by atoms with van der Waals surface area (Å²) in [6.07, 6.45) is 1.10. The molecule has 27 heavy (non-hydrogen) atoms. The minimum Gasteiger partial charge on any atom is -0.497 e. The van der Waals surface area contributed by atoms with Gasteiger partial charge < -0.3 is 14.2 Å². The Labute approximate surface area is 159 Å². The summed E-state index contributed by atoms with van der Waals surface area (Å²) >= 11 is 0. The van der Waals surface area contributed by atoms with Gasteiger partial charge in [0.05, 0.1) is 29.4 Å². The lowest BCUT2D eigenvalue weighted by molar-refractivity contribution is -0.131. The van der Waals surface area contributed by atoms with E-state index in [1.807, 2.05) is 6.92 Å². The molecule has 1 aliphatic heterocycles. The van der Waals surface area contributed by atoms with Gasteiger partial charge in [-0.25, -0.2) is 8.42 Å². The molecule has 1 aromatic carbocycles. The number of ether oxygens (including phenoxy) is 1. The number of methoxy groups -OCH3 is 1. The third-order valence-electron chi connectivity index (χ3n) is 5.13. The molecule has 0 aliphatic carbocycles. The van der Waals surface area contributed by atoms with Gasteiger partial charge in [0.25, 0.3) is 0 Å². The normalized spacial score (nSPS) is 15.7. The molecule has 2 heterocycles. The average Bonchev–Trinajstić information content (AvgIpc) is 3.00. The van der Waals surface area contributed by atoms with Crippen LogP contribution in [0.4, 0.5) is 0 Å². The van der Waals surface area contributed by atoms with Crippen LogP contribution in [-0.4, -0.2) is 49.8 Å². The first-order valence-corrected chi connectivity index (χ1v) is 10.4. The van der Waals surface area contributed by atoms with Crippen molar-refractivity contribution < 1.29 is 22.5 Å². The number of piperidine rings is 1. The number of aryl methyl sites for hydroxylation is 2. The molecule has 3 rings (SSSR count). The Morgan fingerprint density at radius 3 is 2.37 bits per heavy atom. The number of sulfone groups is 1. The number of nitrogens with zero attached hydrogens (tertiary/aromatic N) is 2. The fourth-order valence-electron chi connectivity index (χ4n) is 3.39. The summed E-state index contributed by atoms with van der Waals surface area (Å²) < 4.78 is 35.9. The standard InChI is InChI=1S/C19H24N2O5S/c1-13-18(14(2)26-20-13)12-19(22)21-10-8-17(9-11-21)27(23,24)16-6-4-15(25-3)5-7-16/h4-7,17H,8-12H2,1-3H3. The fourth-order valence-corrected chi connectivity index (χ4v) is 5.12. The van der Waals surface area contributed by atoms with Crippen molar-refractivity contribution in [3.8, 4) is 5.75 Å². The second-order valence-corrected chi connectivity index (χ2v) is 9.01. The van der Waals surface area contributed by atoms with E-state index < -0.39 is 15.1 Å². The van der Waals surface area contributed by atoms with Gasteiger partial charge in [-0.15, -0.1) is 0 Å². The van der Waals surface area contributed by atoms with Crippen LogP contribution in [0.1, 0.15) is 29.9 Å². The van der Waals surface area contributed by atoms with Gasteiger partial charge >= 0.3 is 0 Å². The SMILES string of the molecule is COc1ccc(S(=O)(=O)C2CCN(C(=O)Cc3c(C)noc3C)CC2)cc1. The maximum atomic E-state index is 12.8. The van der Waals surface area contributed by atoms with Crippen LogP contribution < -0.4 is 4.74 Å². The first-order valence-electron chi connectivity index (χ1n) is 8.90. The number of hydrogen-bond acceptors (Lipinski definition) is 6. The number of carbonyl (C=O) groups excluding carboxylic acids is 1. The lowest BCUT2D eigenvalue weighted by Crippen LogP contribution is -2.43. The molecule has 0 unspecified atom stereocenters. The molecule has 1 amide bonds. The summed E-state index contributed by atoms with van der Waals surface area (Å²) in [4.78, 5) is 14.6. The molecular weight excluding hydrogens is 368 g/mol. The topological polar surface area (TPSA) is 89.7 Å². The Bertz CT molecular complexity index is 891. The van der Waals surface area contributed by atoms with Crippen LogP contribution in [-0.2, 0) is 21.1 Å². The smallest absolute Gasteiger partial charge is 0.227 e. The largest absolute Gasteiger partial charge is 0.497 e. The van der Waals surface area contributed by atoms with Gasteiger partial charge in [-0.3, -0.25) is 4.79 Å². The predicted molar refractivity (Wildman–Crippen MR) is 99.5 cm³/mol. The molecule has 0 saturated carbocycles. The molecule has 0 N–H and O–H groups in total. The van der Waals surface area contributed by atoms with E-state index in [2.05, 4.69) is 5.16 Å². The van der Waals surface area contributed by atoms with Gasteiger partial charge in [-0.1, -0.05) is 5.16 Å². The number of amides is 1. The second-order valence-electron chi connectivity index (χ2n) is 6.78. The highest BCUT2D eigenvalue weighted by molar-refractivity contribution is 7.92. The number of hydrogen-bond donors (Lipinski definition) is 0. The molecule has 7 nitrogen and oxygen atoms in total. The molecule has 0 radical (unpaired) electrons. The van der Waals surface area contributed by atoms with E-state index >= 15 is 0 Å². The van der Waals surface area contributed by atoms with Gasteiger partial charge in [0.2, 0.25) is 5.91 Å². The van der Waals surface area contributed by atoms with E-state index in [4.69, 9.17) is 9.26 Å². The number of rotatable bonds is 5. The molecule has 146 valence electrons. The molecule has 0 atom stereocenters. The highest BCUT2D eigenvalue weighted by Crippen LogP contribution is 2.26. The van der Waals surface area contributed by atoms with Crippen LogP contribution in [0.5, 0.6) is 5.75 Å². The quantitative estimate of drug-likeness (QED) is 0.776. The van der Waals surface area contributed by atoms with Crippen LogP contribution in [0.25, 0.3) is 0 Å². The highest BCUT2D eigenvalue weighted by atomic mass is 32.2. The van der Waals surface area contributed by atoms with Crippen molar-refractivity contribution in [3.05, 3.63) is 41.3 Å². The van der Waals surface area contributed by atoms with Gasteiger partial charge in [0.15, 0.2) is 9.84 Å². The highest BCUT2D eigenvalue weighted by Gasteiger charge is 2.33. The van der Waals surface area contributed by atoms with E-state index in [1.165, 1.54) is 0 Å². The third kappa shape index (κ3) is 4.00. The molecule has 1 saturated heterocycles. The van der Waals surface area contributed by atoms with Crippen molar-refractivity contribution in [1.29, 1.82) is 0 Å². The zero-order chi connectivity index (χ0) is 19.6. The van der Waals surface area contributed by atoms with Crippen molar-refractivity contribution in [2.75, 3.05) is 20.2 Å². The van der Waals surface area contributed by atoms with Crippen LogP contribution in [0.3, 0.4) is 0 Å². The molecule has 1 aliphatic rings. The summed E-state index contributed by atoms with van der Waals surface area (Å²) in [6.45, 7) is 4.47. The van der Waals surface area contributed by atoms with Crippen molar-refractivity contribution in [2.45, 2.75) is 43.3 Å². The Balaban J connectivity index is 1.63. The van der Waals surface area contributed by atoms with Gasteiger partial charge in [0.1, 0.15) is 11.5 Å². The fraction of sp³-hybridized carbons (Fsp3) is 0.474. The van der Waals surface area contributed by atoms with Crippen molar-refractivity contribution in [3.63, 3.8) is 0 Å². The van der Waals surface area contributed by atoms with Crippen LogP contribution in [0, 0.1) is 13.8 Å². The summed E-state index contributed by atoms with van der Waals surface area (Å²) in [7, 11) is -1.88. The Morgan fingerprint density at radius 1 is 1.22 bits per heavy atom. The zero-order valence-electron chi connectivity index (χ0n) is 15.8. The average molecular weight is 392 g/mol. The number of aromatic nitrogens is 1. The lowest BCUT2D eigenvalue weighted by Gasteiger charge is -2.31. The molecular formula is C19H24N2O5S. The van der Waals surface area contributed by atoms with Crippen molar-refractivity contribution in [1.82, 2.24) is 10.1 Å². The Hall–Kier alpha value is -2.35. The second kappa shape index (κ2) is 7.72. The van der Waals surface area contributed by atoms with E-state index in [-0.39, 0.29) is 12.3 Å². The summed E-state index contributed by atoms with van der Waals surface area (Å²) in [6, 6.07) is 6.44. The van der Waals surface area contributed by atoms with Crippen LogP contribution in [0.2, 0.25) is 0 Å². The molecule has 0 spiro atoms. The monoisotopic (exact) mass is 392 g/mol. The van der Waals surface area contributed by atoms with E-state index in [0.29, 0.717) is 42.3 Å². The van der Waals surface area contributed by atoms with Crippen molar-refractivity contribution >= 4 is 15.7 Å². The van der Waals surface area contributed by atoms with Gasteiger partial charge in [-0.2, -0.15) is 0 Å². The van der Waals surface area contributed by atoms with Crippen LogP contribution in [0.15, 0.2) is 33.7 Å². The molecule has 2 aromatic rings. The van der Waals surface area contributed by atoms with E-state index in [0.717, 1.165) is 11.3 Å². The Morgan fingerprint density at radius 2 is 1.85 bits per heavy atom. The first-order chi connectivity index (χ1) is 12.8. The molecule has 1 aromatic heterocycles. The molecule has 8 heteroatoms. The Kier molecular flexibility index (Phi) is 5.55. The number of carbonyl (C=O) groups is 1. The maximum Gasteiger partial charge on any atom is 0.227 e. The zero-order valence-corrected chi connectivity index (χ0v) is 16.6. The lowest BCUT2D eigenvalue weighted by atomic mass is 10.1. The maximum absolute atomic E-state index is 12.8. The summed E-state index contributed by atoms with van der Waals surface area (Å²) in [5.74, 6) is 1.25. The van der Waals surface area contributed by atoms with Crippen LogP contribution >= 0.6 is 0 Å². The summed E-state index contributed by atoms with van der Waals surface area (Å²) in [5.41, 5.74) is 1.53. The molecule has 1 fully saturated rings. The minimum atomic E-state index is -3.42. The molecule has 0 bridgehead atoms. The van der Waals surface area contributed by atoms with Gasteiger partial charge in [-0.05, 0) is 51.0 Å².